The number of pyridine rings is 1. The summed E-state index contributed by atoms with van der Waals surface area (Å²) < 4.78 is 7.76. The van der Waals surface area contributed by atoms with Crippen LogP contribution in [0.3, 0.4) is 0 Å². The highest BCUT2D eigenvalue weighted by Gasteiger charge is 2.19. The number of anilines is 1. The van der Waals surface area contributed by atoms with E-state index in [2.05, 4.69) is 10.3 Å². The molecule has 0 atom stereocenters. The molecule has 2 heterocycles. The summed E-state index contributed by atoms with van der Waals surface area (Å²) >= 11 is 5.84. The predicted octanol–water partition coefficient (Wildman–Crippen LogP) is 2.26. The Hall–Kier alpha value is -3.13. The molecule has 3 rings (SSSR count). The second kappa shape index (κ2) is 8.48. The fourth-order valence-corrected chi connectivity index (χ4v) is 3.15. The molecule has 2 aromatic heterocycles. The number of carbonyl (C=O) groups excluding carboxylic acids is 1. The first-order valence-corrected chi connectivity index (χ1v) is 9.47. The van der Waals surface area contributed by atoms with Crippen molar-refractivity contribution in [2.75, 3.05) is 11.9 Å². The van der Waals surface area contributed by atoms with Crippen LogP contribution in [-0.2, 0) is 25.3 Å². The number of hydrogen-bond acceptors (Lipinski definition) is 5. The van der Waals surface area contributed by atoms with Gasteiger partial charge < -0.3 is 10.1 Å². The van der Waals surface area contributed by atoms with Crippen molar-refractivity contribution >= 4 is 34.2 Å². The van der Waals surface area contributed by atoms with Gasteiger partial charge in [-0.05, 0) is 36.2 Å². The SMILES string of the molecule is CCCc1cnc2c(c1NC(=O)COc1ccc(Cl)cc1)c(=O)n(C)c(=O)n2C. The zero-order valence-corrected chi connectivity index (χ0v) is 17.1. The molecule has 1 N–H and O–H groups in total. The minimum Gasteiger partial charge on any atom is -0.484 e. The molecule has 0 saturated heterocycles. The maximum atomic E-state index is 12.8. The molecule has 0 spiro atoms. The smallest absolute Gasteiger partial charge is 0.332 e. The Morgan fingerprint density at radius 2 is 1.86 bits per heavy atom. The van der Waals surface area contributed by atoms with Crippen LogP contribution in [0, 0.1) is 0 Å². The molecule has 0 aliphatic heterocycles. The molecule has 0 saturated carbocycles. The topological polar surface area (TPSA) is 95.2 Å². The summed E-state index contributed by atoms with van der Waals surface area (Å²) in [6.07, 6.45) is 2.99. The molecule has 3 aromatic rings. The van der Waals surface area contributed by atoms with Gasteiger partial charge in [0.15, 0.2) is 12.3 Å². The average molecular weight is 417 g/mol. The summed E-state index contributed by atoms with van der Waals surface area (Å²) in [6.45, 7) is 1.74. The number of benzene rings is 1. The number of nitrogens with one attached hydrogen (secondary N) is 1. The second-order valence-electron chi connectivity index (χ2n) is 6.60. The van der Waals surface area contributed by atoms with Crippen molar-refractivity contribution in [3.05, 3.63) is 61.9 Å². The minimum absolute atomic E-state index is 0.195. The normalized spacial score (nSPS) is 10.9. The molecule has 9 heteroatoms. The molecule has 0 radical (unpaired) electrons. The van der Waals surface area contributed by atoms with Crippen LogP contribution in [0.15, 0.2) is 40.1 Å². The van der Waals surface area contributed by atoms with Gasteiger partial charge >= 0.3 is 5.69 Å². The average Bonchev–Trinajstić information content (AvgIpc) is 2.71. The third-order valence-corrected chi connectivity index (χ3v) is 4.77. The van der Waals surface area contributed by atoms with E-state index in [1.165, 1.54) is 18.7 Å². The van der Waals surface area contributed by atoms with E-state index in [4.69, 9.17) is 16.3 Å². The molecular formula is C20H21ClN4O4. The Bertz CT molecular complexity index is 1180. The van der Waals surface area contributed by atoms with Crippen molar-refractivity contribution in [2.45, 2.75) is 19.8 Å². The number of halogens is 1. The van der Waals surface area contributed by atoms with Crippen molar-refractivity contribution in [1.29, 1.82) is 0 Å². The number of nitrogens with zero attached hydrogens (tertiary/aromatic N) is 3. The molecule has 8 nitrogen and oxygen atoms in total. The van der Waals surface area contributed by atoms with Gasteiger partial charge in [0.2, 0.25) is 0 Å². The maximum Gasteiger partial charge on any atom is 0.332 e. The highest BCUT2D eigenvalue weighted by molar-refractivity contribution is 6.30. The fourth-order valence-electron chi connectivity index (χ4n) is 3.02. The lowest BCUT2D eigenvalue weighted by atomic mass is 10.1. The standard InChI is InChI=1S/C20H21ClN4O4/c1-4-5-12-10-22-18-16(19(27)25(3)20(28)24(18)2)17(12)23-15(26)11-29-14-8-6-13(21)7-9-14/h6-10H,4-5,11H2,1-3H3,(H,22,23,26). The maximum absolute atomic E-state index is 12.8. The zero-order chi connectivity index (χ0) is 21.1. The highest BCUT2D eigenvalue weighted by atomic mass is 35.5. The Labute approximate surface area is 171 Å². The van der Waals surface area contributed by atoms with Gasteiger partial charge in [-0.1, -0.05) is 24.9 Å². The third kappa shape index (κ3) is 4.17. The van der Waals surface area contributed by atoms with Crippen LogP contribution in [-0.4, -0.2) is 26.6 Å². The number of fused-ring (bicyclic) bond motifs is 1. The van der Waals surface area contributed by atoms with Gasteiger partial charge in [0.25, 0.3) is 11.5 Å². The van der Waals surface area contributed by atoms with Gasteiger partial charge in [-0.3, -0.25) is 18.7 Å². The summed E-state index contributed by atoms with van der Waals surface area (Å²) in [4.78, 5) is 41.8. The summed E-state index contributed by atoms with van der Waals surface area (Å²) in [7, 11) is 2.93. The van der Waals surface area contributed by atoms with E-state index in [1.54, 1.807) is 30.5 Å². The van der Waals surface area contributed by atoms with E-state index >= 15 is 0 Å². The zero-order valence-electron chi connectivity index (χ0n) is 16.4. The van der Waals surface area contributed by atoms with E-state index in [1.807, 2.05) is 6.92 Å². The molecule has 0 bridgehead atoms. The largest absolute Gasteiger partial charge is 0.484 e. The van der Waals surface area contributed by atoms with Crippen molar-refractivity contribution in [3.63, 3.8) is 0 Å². The number of amides is 1. The molecule has 1 amide bonds. The van der Waals surface area contributed by atoms with E-state index in [-0.39, 0.29) is 17.6 Å². The fraction of sp³-hybridized carbons (Fsp3) is 0.300. The van der Waals surface area contributed by atoms with Gasteiger partial charge in [-0.15, -0.1) is 0 Å². The van der Waals surface area contributed by atoms with Crippen molar-refractivity contribution in [3.8, 4) is 5.75 Å². The van der Waals surface area contributed by atoms with Gasteiger partial charge in [-0.2, -0.15) is 0 Å². The lowest BCUT2D eigenvalue weighted by Crippen LogP contribution is -2.38. The second-order valence-corrected chi connectivity index (χ2v) is 7.04. The Morgan fingerprint density at radius 3 is 2.52 bits per heavy atom. The molecule has 0 aliphatic carbocycles. The molecule has 0 fully saturated rings. The van der Waals surface area contributed by atoms with E-state index in [9.17, 15) is 14.4 Å². The van der Waals surface area contributed by atoms with Gasteiger partial charge in [-0.25, -0.2) is 9.78 Å². The van der Waals surface area contributed by atoms with E-state index in [0.29, 0.717) is 22.9 Å². The summed E-state index contributed by atoms with van der Waals surface area (Å²) in [5.41, 5.74) is 0.296. The quantitative estimate of drug-likeness (QED) is 0.665. The number of aromatic nitrogens is 3. The van der Waals surface area contributed by atoms with Crippen LogP contribution in [0.5, 0.6) is 5.75 Å². The molecule has 152 valence electrons. The number of rotatable bonds is 6. The van der Waals surface area contributed by atoms with Crippen molar-refractivity contribution < 1.29 is 9.53 Å². The number of hydrogen-bond donors (Lipinski definition) is 1. The van der Waals surface area contributed by atoms with Crippen LogP contribution in [0.2, 0.25) is 5.02 Å². The van der Waals surface area contributed by atoms with Crippen LogP contribution in [0.25, 0.3) is 11.0 Å². The number of aryl methyl sites for hydroxylation is 2. The first-order valence-electron chi connectivity index (χ1n) is 9.09. The first kappa shape index (κ1) is 20.6. The Morgan fingerprint density at radius 1 is 1.17 bits per heavy atom. The van der Waals surface area contributed by atoms with Crippen LogP contribution < -0.4 is 21.3 Å². The monoisotopic (exact) mass is 416 g/mol. The minimum atomic E-state index is -0.512. The summed E-state index contributed by atoms with van der Waals surface area (Å²) in [5, 5.41) is 3.54. The molecular weight excluding hydrogens is 396 g/mol. The lowest BCUT2D eigenvalue weighted by molar-refractivity contribution is -0.118. The number of carbonyl (C=O) groups is 1. The van der Waals surface area contributed by atoms with Gasteiger partial charge in [0.1, 0.15) is 11.1 Å². The van der Waals surface area contributed by atoms with Crippen molar-refractivity contribution in [1.82, 2.24) is 14.1 Å². The van der Waals surface area contributed by atoms with Crippen LogP contribution in [0.4, 0.5) is 5.69 Å². The van der Waals surface area contributed by atoms with E-state index < -0.39 is 17.2 Å². The number of ether oxygens (including phenoxy) is 1. The molecule has 0 aliphatic rings. The third-order valence-electron chi connectivity index (χ3n) is 4.51. The van der Waals surface area contributed by atoms with Crippen molar-refractivity contribution in [2.24, 2.45) is 14.1 Å². The summed E-state index contributed by atoms with van der Waals surface area (Å²) in [6, 6.07) is 6.64. The highest BCUT2D eigenvalue weighted by Crippen LogP contribution is 2.24. The molecule has 1 aromatic carbocycles. The molecule has 29 heavy (non-hydrogen) atoms. The Balaban J connectivity index is 1.98. The predicted molar refractivity (Wildman–Crippen MR) is 112 cm³/mol. The Kier molecular flexibility index (Phi) is 6.03. The summed E-state index contributed by atoms with van der Waals surface area (Å²) in [5.74, 6) is 0.0666. The van der Waals surface area contributed by atoms with Gasteiger partial charge in [0, 0.05) is 25.3 Å². The van der Waals surface area contributed by atoms with Crippen LogP contribution >= 0.6 is 11.6 Å². The van der Waals surface area contributed by atoms with E-state index in [0.717, 1.165) is 16.6 Å². The van der Waals surface area contributed by atoms with Crippen LogP contribution in [0.1, 0.15) is 18.9 Å². The first-order chi connectivity index (χ1) is 13.8. The van der Waals surface area contributed by atoms with Gasteiger partial charge in [0.05, 0.1) is 5.69 Å². The lowest BCUT2D eigenvalue weighted by Gasteiger charge is -2.15. The molecule has 0 unspecified atom stereocenters.